The van der Waals surface area contributed by atoms with Gasteiger partial charge in [0.15, 0.2) is 9.84 Å². The van der Waals surface area contributed by atoms with Gasteiger partial charge in [0.1, 0.15) is 5.82 Å². The first kappa shape index (κ1) is 18.8. The van der Waals surface area contributed by atoms with Crippen LogP contribution in [0.2, 0.25) is 0 Å². The molecule has 0 amide bonds. The van der Waals surface area contributed by atoms with Gasteiger partial charge in [0.05, 0.1) is 17.6 Å². The maximum Gasteiger partial charge on any atom is 0.338 e. The molecule has 7 heteroatoms. The Labute approximate surface area is 158 Å². The van der Waals surface area contributed by atoms with Crippen LogP contribution in [0.3, 0.4) is 0 Å². The van der Waals surface area contributed by atoms with Gasteiger partial charge in [0.2, 0.25) is 0 Å². The second-order valence-corrected chi connectivity index (χ2v) is 8.23. The molecule has 3 aromatic rings. The number of aromatic nitrogens is 2. The highest BCUT2D eigenvalue weighted by Gasteiger charge is 2.13. The molecule has 0 radical (unpaired) electrons. The van der Waals surface area contributed by atoms with Crippen LogP contribution in [0.1, 0.15) is 27.3 Å². The Morgan fingerprint density at radius 3 is 2.48 bits per heavy atom. The van der Waals surface area contributed by atoms with Crippen LogP contribution in [0, 0.1) is 0 Å². The van der Waals surface area contributed by atoms with Gasteiger partial charge in [-0.25, -0.2) is 18.2 Å². The Balaban J connectivity index is 1.82. The molecule has 0 aliphatic carbocycles. The lowest BCUT2D eigenvalue weighted by Gasteiger charge is -2.11. The van der Waals surface area contributed by atoms with Gasteiger partial charge in [-0.2, -0.15) is 0 Å². The van der Waals surface area contributed by atoms with Gasteiger partial charge in [-0.15, -0.1) is 0 Å². The molecule has 0 aliphatic heterocycles. The van der Waals surface area contributed by atoms with Gasteiger partial charge in [0.25, 0.3) is 0 Å². The maximum atomic E-state index is 12.0. The monoisotopic (exact) mass is 384 g/mol. The summed E-state index contributed by atoms with van der Waals surface area (Å²) in [6, 6.07) is 14.1. The fourth-order valence-electron chi connectivity index (χ4n) is 2.84. The number of carbonyl (C=O) groups is 1. The largest absolute Gasteiger partial charge is 0.465 e. The summed E-state index contributed by atoms with van der Waals surface area (Å²) < 4.78 is 30.0. The van der Waals surface area contributed by atoms with Gasteiger partial charge in [-0.3, -0.25) is 0 Å². The number of benzene rings is 2. The second-order valence-electron chi connectivity index (χ2n) is 6.21. The fraction of sp³-hybridized carbons (Fsp3) is 0.200. The van der Waals surface area contributed by atoms with Crippen LogP contribution < -0.4 is 0 Å². The average Bonchev–Trinajstić information content (AvgIpc) is 3.08. The van der Waals surface area contributed by atoms with Crippen molar-refractivity contribution >= 4 is 15.8 Å². The van der Waals surface area contributed by atoms with E-state index in [0.717, 1.165) is 17.0 Å². The lowest BCUT2D eigenvalue weighted by Crippen LogP contribution is -2.11. The molecule has 0 aliphatic rings. The molecule has 0 N–H and O–H groups in total. The van der Waals surface area contributed by atoms with Crippen molar-refractivity contribution in [2.45, 2.75) is 17.9 Å². The van der Waals surface area contributed by atoms with Crippen molar-refractivity contribution in [1.82, 2.24) is 9.55 Å². The van der Waals surface area contributed by atoms with Gasteiger partial charge in [-0.05, 0) is 29.3 Å². The molecule has 0 bridgehead atoms. The van der Waals surface area contributed by atoms with Crippen molar-refractivity contribution in [3.05, 3.63) is 83.4 Å². The quantitative estimate of drug-likeness (QED) is 0.611. The lowest BCUT2D eigenvalue weighted by atomic mass is 10.1. The summed E-state index contributed by atoms with van der Waals surface area (Å²) in [7, 11) is -1.85. The summed E-state index contributed by atoms with van der Waals surface area (Å²) in [4.78, 5) is 16.7. The standard InChI is InChI=1S/C20H20N2O4S/c1-26-20(23)18-6-4-3-5-16(18)14-22-12-11-21-19(22)13-15-7-9-17(10-8-15)27(2,24)25/h3-12H,13-14H2,1-2H3. The zero-order chi connectivity index (χ0) is 19.4. The summed E-state index contributed by atoms with van der Waals surface area (Å²) in [5, 5.41) is 0. The van der Waals surface area contributed by atoms with Crippen LogP contribution in [-0.2, 0) is 27.5 Å². The predicted octanol–water partition coefficient (Wildman–Crippen LogP) is 2.71. The van der Waals surface area contributed by atoms with E-state index in [0.29, 0.717) is 23.4 Å². The first-order valence-corrected chi connectivity index (χ1v) is 10.2. The molecular weight excluding hydrogens is 364 g/mol. The number of carbonyl (C=O) groups excluding carboxylic acids is 1. The van der Waals surface area contributed by atoms with Gasteiger partial charge >= 0.3 is 5.97 Å². The topological polar surface area (TPSA) is 78.3 Å². The smallest absolute Gasteiger partial charge is 0.338 e. The molecular formula is C20H20N2O4S. The van der Waals surface area contributed by atoms with E-state index in [2.05, 4.69) is 4.98 Å². The normalized spacial score (nSPS) is 11.3. The first-order chi connectivity index (χ1) is 12.9. The number of sulfone groups is 1. The molecule has 0 atom stereocenters. The highest BCUT2D eigenvalue weighted by Crippen LogP contribution is 2.16. The van der Waals surface area contributed by atoms with E-state index in [1.165, 1.54) is 13.4 Å². The molecule has 2 aromatic carbocycles. The molecule has 0 saturated heterocycles. The van der Waals surface area contributed by atoms with Crippen molar-refractivity contribution in [2.24, 2.45) is 0 Å². The van der Waals surface area contributed by atoms with E-state index < -0.39 is 9.84 Å². The molecule has 3 rings (SSSR count). The second kappa shape index (κ2) is 7.75. The SMILES string of the molecule is COC(=O)c1ccccc1Cn1ccnc1Cc1ccc(S(C)(=O)=O)cc1. The number of rotatable bonds is 6. The van der Waals surface area contributed by atoms with E-state index >= 15 is 0 Å². The molecule has 6 nitrogen and oxygen atoms in total. The zero-order valence-electron chi connectivity index (χ0n) is 15.1. The third kappa shape index (κ3) is 4.43. The van der Waals surface area contributed by atoms with E-state index in [4.69, 9.17) is 4.74 Å². The van der Waals surface area contributed by atoms with Crippen molar-refractivity contribution in [2.75, 3.05) is 13.4 Å². The van der Waals surface area contributed by atoms with E-state index in [9.17, 15) is 13.2 Å². The Hall–Kier alpha value is -2.93. The van der Waals surface area contributed by atoms with Crippen LogP contribution >= 0.6 is 0 Å². The maximum absolute atomic E-state index is 12.0. The number of methoxy groups -OCH3 is 1. The van der Waals surface area contributed by atoms with Gasteiger partial charge in [-0.1, -0.05) is 30.3 Å². The number of ether oxygens (including phenoxy) is 1. The molecule has 1 aromatic heterocycles. The third-order valence-corrected chi connectivity index (χ3v) is 5.41. The fourth-order valence-corrected chi connectivity index (χ4v) is 3.47. The molecule has 140 valence electrons. The predicted molar refractivity (Wildman–Crippen MR) is 101 cm³/mol. The van der Waals surface area contributed by atoms with E-state index in [1.807, 2.05) is 22.9 Å². The van der Waals surface area contributed by atoms with Crippen molar-refractivity contribution in [3.8, 4) is 0 Å². The average molecular weight is 384 g/mol. The molecule has 0 unspecified atom stereocenters. The van der Waals surface area contributed by atoms with Gasteiger partial charge < -0.3 is 9.30 Å². The van der Waals surface area contributed by atoms with Crippen LogP contribution in [0.25, 0.3) is 0 Å². The molecule has 0 spiro atoms. The molecule has 0 saturated carbocycles. The summed E-state index contributed by atoms with van der Waals surface area (Å²) >= 11 is 0. The van der Waals surface area contributed by atoms with E-state index in [-0.39, 0.29) is 5.97 Å². The number of esters is 1. The van der Waals surface area contributed by atoms with Crippen LogP contribution in [0.4, 0.5) is 0 Å². The first-order valence-electron chi connectivity index (χ1n) is 8.33. The Bertz CT molecular complexity index is 1050. The third-order valence-electron chi connectivity index (χ3n) is 4.28. The Morgan fingerprint density at radius 1 is 1.11 bits per heavy atom. The van der Waals surface area contributed by atoms with Crippen molar-refractivity contribution in [1.29, 1.82) is 0 Å². The minimum atomic E-state index is -3.21. The van der Waals surface area contributed by atoms with Gasteiger partial charge in [0, 0.05) is 31.6 Å². The van der Waals surface area contributed by atoms with Crippen molar-refractivity contribution in [3.63, 3.8) is 0 Å². The highest BCUT2D eigenvalue weighted by molar-refractivity contribution is 7.90. The van der Waals surface area contributed by atoms with Crippen LogP contribution in [0.15, 0.2) is 65.8 Å². The zero-order valence-corrected chi connectivity index (χ0v) is 15.9. The minimum Gasteiger partial charge on any atom is -0.465 e. The molecule has 27 heavy (non-hydrogen) atoms. The minimum absolute atomic E-state index is 0.293. The Morgan fingerprint density at radius 2 is 1.81 bits per heavy atom. The van der Waals surface area contributed by atoms with Crippen LogP contribution in [-0.4, -0.2) is 37.3 Å². The highest BCUT2D eigenvalue weighted by atomic mass is 32.2. The Kier molecular flexibility index (Phi) is 5.41. The summed E-state index contributed by atoms with van der Waals surface area (Å²) in [5.41, 5.74) is 2.32. The summed E-state index contributed by atoms with van der Waals surface area (Å²) in [6.07, 6.45) is 5.31. The molecule has 0 fully saturated rings. The van der Waals surface area contributed by atoms with Crippen molar-refractivity contribution < 1.29 is 17.9 Å². The molecule has 1 heterocycles. The number of hydrogen-bond donors (Lipinski definition) is 0. The number of nitrogens with zero attached hydrogens (tertiary/aromatic N) is 2. The lowest BCUT2D eigenvalue weighted by molar-refractivity contribution is 0.0599. The number of hydrogen-bond acceptors (Lipinski definition) is 5. The summed E-state index contributed by atoms with van der Waals surface area (Å²) in [5.74, 6) is 0.449. The van der Waals surface area contributed by atoms with E-state index in [1.54, 1.807) is 42.6 Å². The summed E-state index contributed by atoms with van der Waals surface area (Å²) in [6.45, 7) is 0.488. The van der Waals surface area contributed by atoms with Crippen LogP contribution in [0.5, 0.6) is 0 Å². The number of imidazole rings is 1.